The predicted octanol–water partition coefficient (Wildman–Crippen LogP) is 5.29. The molecule has 0 aliphatic heterocycles. The number of carbonyl (C=O) groups is 2. The van der Waals surface area contributed by atoms with Gasteiger partial charge in [-0.15, -0.1) is 0 Å². The number of carbonyl (C=O) groups excluding carboxylic acids is 1. The van der Waals surface area contributed by atoms with Crippen LogP contribution in [0.2, 0.25) is 0 Å². The molecular weight excluding hydrogens is 419 g/mol. The van der Waals surface area contributed by atoms with Crippen LogP contribution in [-0.2, 0) is 18.8 Å². The highest BCUT2D eigenvalue weighted by molar-refractivity contribution is 8.26. The molecule has 2 rings (SSSR count). The Kier molecular flexibility index (Phi) is 14.2. The summed E-state index contributed by atoms with van der Waals surface area (Å²) in [5.41, 5.74) is 1.87. The number of carboxylic acids is 1. The highest BCUT2D eigenvalue weighted by atomic mass is 36.0. The Balaban J connectivity index is 0.000000401. The molecule has 0 atom stereocenters. The summed E-state index contributed by atoms with van der Waals surface area (Å²) >= 11 is 5.10. The number of allylic oxidation sites excluding steroid dienone is 1. The average Bonchev–Trinajstić information content (AvgIpc) is 2.60. The maximum atomic E-state index is 10.3. The zero-order chi connectivity index (χ0) is 19.8. The van der Waals surface area contributed by atoms with Crippen molar-refractivity contribution in [1.29, 1.82) is 0 Å². The summed E-state index contributed by atoms with van der Waals surface area (Å²) in [6.07, 6.45) is 5.68. The standard InChI is InChI=1S/C9H7ClO.C9H8O2.Cl2OS/c2*10-9(11)7-6-8-4-2-1-3-5-8;1-4(2)3/h1-7H;1-7H,(H,10,11);/b2*7-6+;. The first-order valence-electron chi connectivity index (χ1n) is 6.94. The number of carboxylic acid groups (broad SMARTS) is 1. The van der Waals surface area contributed by atoms with E-state index in [1.807, 2.05) is 60.7 Å². The summed E-state index contributed by atoms with van der Waals surface area (Å²) in [6, 6.07) is 18.8. The summed E-state index contributed by atoms with van der Waals surface area (Å²) in [7, 11) is 7.36. The molecule has 0 heterocycles. The van der Waals surface area contributed by atoms with Gasteiger partial charge in [0.15, 0.2) is 0 Å². The van der Waals surface area contributed by atoms with E-state index in [0.717, 1.165) is 17.2 Å². The fourth-order valence-corrected chi connectivity index (χ4v) is 1.52. The molecule has 2 aromatic rings. The minimum Gasteiger partial charge on any atom is -0.478 e. The van der Waals surface area contributed by atoms with Crippen molar-refractivity contribution in [2.24, 2.45) is 0 Å². The van der Waals surface area contributed by atoms with Crippen LogP contribution in [0, 0.1) is 0 Å². The van der Waals surface area contributed by atoms with E-state index in [4.69, 9.17) is 20.9 Å². The van der Waals surface area contributed by atoms with Crippen LogP contribution in [0.1, 0.15) is 11.1 Å². The van der Waals surface area contributed by atoms with Crippen LogP contribution >= 0.6 is 33.0 Å². The topological polar surface area (TPSA) is 71.4 Å². The fraction of sp³-hybridized carbons (Fsp3) is 0. The second-order valence-corrected chi connectivity index (χ2v) is 7.21. The summed E-state index contributed by atoms with van der Waals surface area (Å²) in [5.74, 6) is -0.922. The van der Waals surface area contributed by atoms with E-state index in [0.29, 0.717) is 0 Å². The first-order chi connectivity index (χ1) is 12.3. The normalized spacial score (nSPS) is 10.0. The molecule has 8 heteroatoms. The molecule has 0 bridgehead atoms. The van der Waals surface area contributed by atoms with Crippen LogP contribution in [0.3, 0.4) is 0 Å². The summed E-state index contributed by atoms with van der Waals surface area (Å²) < 4.78 is 9.09. The average molecular weight is 434 g/mol. The zero-order valence-corrected chi connectivity index (χ0v) is 16.4. The van der Waals surface area contributed by atoms with Crippen LogP contribution in [0.5, 0.6) is 0 Å². The molecule has 0 amide bonds. The second kappa shape index (κ2) is 15.3. The Hall–Kier alpha value is -1.92. The van der Waals surface area contributed by atoms with Crippen LogP contribution in [0.25, 0.3) is 12.2 Å². The summed E-state index contributed by atoms with van der Waals surface area (Å²) in [5, 5.41) is 7.84. The van der Waals surface area contributed by atoms with E-state index in [1.165, 1.54) is 6.08 Å². The van der Waals surface area contributed by atoms with Gasteiger partial charge in [0.2, 0.25) is 14.5 Å². The molecular formula is C18H15Cl3O4S. The first kappa shape index (κ1) is 24.1. The Morgan fingerprint density at radius 3 is 1.46 bits per heavy atom. The van der Waals surface area contributed by atoms with Crippen LogP contribution in [-0.4, -0.2) is 20.5 Å². The minimum atomic E-state index is -1.67. The van der Waals surface area contributed by atoms with Gasteiger partial charge in [-0.05, 0) is 34.9 Å². The van der Waals surface area contributed by atoms with Gasteiger partial charge in [0.05, 0.1) is 0 Å². The van der Waals surface area contributed by atoms with Crippen LogP contribution < -0.4 is 0 Å². The first-order valence-corrected chi connectivity index (χ1v) is 10.1. The Bertz CT molecular complexity index is 684. The molecule has 138 valence electrons. The van der Waals surface area contributed by atoms with Gasteiger partial charge in [0.1, 0.15) is 0 Å². The summed E-state index contributed by atoms with van der Waals surface area (Å²) in [6.45, 7) is 0. The molecule has 0 saturated carbocycles. The Labute approximate surface area is 168 Å². The fourth-order valence-electron chi connectivity index (χ4n) is 1.46. The van der Waals surface area contributed by atoms with Crippen LogP contribution in [0.15, 0.2) is 72.8 Å². The van der Waals surface area contributed by atoms with Crippen molar-refractivity contribution in [3.63, 3.8) is 0 Å². The van der Waals surface area contributed by atoms with E-state index in [9.17, 15) is 9.59 Å². The van der Waals surface area contributed by atoms with E-state index < -0.39 is 20.4 Å². The molecule has 0 unspecified atom stereocenters. The molecule has 0 aliphatic carbocycles. The smallest absolute Gasteiger partial charge is 0.328 e. The van der Waals surface area contributed by atoms with Gasteiger partial charge in [-0.2, -0.15) is 0 Å². The van der Waals surface area contributed by atoms with E-state index >= 15 is 0 Å². The van der Waals surface area contributed by atoms with Crippen molar-refractivity contribution in [3.05, 3.63) is 83.9 Å². The van der Waals surface area contributed by atoms with Crippen molar-refractivity contribution in [2.75, 3.05) is 0 Å². The van der Waals surface area contributed by atoms with E-state index in [-0.39, 0.29) is 0 Å². The molecule has 0 aliphatic rings. The molecule has 0 fully saturated rings. The lowest BCUT2D eigenvalue weighted by Crippen LogP contribution is -1.85. The third-order valence-corrected chi connectivity index (χ3v) is 2.55. The quantitative estimate of drug-likeness (QED) is 0.525. The number of benzene rings is 2. The van der Waals surface area contributed by atoms with Crippen molar-refractivity contribution < 1.29 is 18.9 Å². The van der Waals surface area contributed by atoms with Crippen molar-refractivity contribution in [3.8, 4) is 0 Å². The third-order valence-electron chi connectivity index (χ3n) is 2.42. The second-order valence-electron chi connectivity index (χ2n) is 4.31. The number of aliphatic carboxylic acids is 1. The van der Waals surface area contributed by atoms with Crippen molar-refractivity contribution in [2.45, 2.75) is 0 Å². The van der Waals surface area contributed by atoms with Crippen molar-refractivity contribution in [1.82, 2.24) is 0 Å². The lowest BCUT2D eigenvalue weighted by atomic mass is 10.2. The highest BCUT2D eigenvalue weighted by Gasteiger charge is 1.86. The van der Waals surface area contributed by atoms with Crippen molar-refractivity contribution >= 4 is 65.6 Å². The number of halogens is 3. The third kappa shape index (κ3) is 16.9. The molecule has 0 radical (unpaired) electrons. The van der Waals surface area contributed by atoms with Gasteiger partial charge in [-0.3, -0.25) is 4.79 Å². The predicted molar refractivity (Wildman–Crippen MR) is 109 cm³/mol. The van der Waals surface area contributed by atoms with Gasteiger partial charge in [-0.25, -0.2) is 9.00 Å². The van der Waals surface area contributed by atoms with Gasteiger partial charge in [0, 0.05) is 27.4 Å². The Morgan fingerprint density at radius 1 is 0.808 bits per heavy atom. The van der Waals surface area contributed by atoms with E-state index in [1.54, 1.807) is 12.2 Å². The molecule has 1 N–H and O–H groups in total. The largest absolute Gasteiger partial charge is 0.478 e. The number of hydrogen-bond donors (Lipinski definition) is 1. The highest BCUT2D eigenvalue weighted by Crippen LogP contribution is 2.01. The maximum Gasteiger partial charge on any atom is 0.328 e. The number of rotatable bonds is 4. The maximum absolute atomic E-state index is 10.3. The lowest BCUT2D eigenvalue weighted by molar-refractivity contribution is -0.131. The van der Waals surface area contributed by atoms with Gasteiger partial charge in [-0.1, -0.05) is 66.7 Å². The summed E-state index contributed by atoms with van der Waals surface area (Å²) in [4.78, 5) is 20.4. The monoisotopic (exact) mass is 432 g/mol. The zero-order valence-electron chi connectivity index (χ0n) is 13.3. The van der Waals surface area contributed by atoms with Gasteiger partial charge < -0.3 is 5.11 Å². The Morgan fingerprint density at radius 2 is 1.15 bits per heavy atom. The molecule has 0 saturated heterocycles. The molecule has 0 spiro atoms. The number of hydrogen-bond acceptors (Lipinski definition) is 3. The molecule has 4 nitrogen and oxygen atoms in total. The van der Waals surface area contributed by atoms with Crippen LogP contribution in [0.4, 0.5) is 0 Å². The molecule has 0 aromatic heterocycles. The SMILES string of the molecule is O=C(Cl)/C=C/c1ccccc1.O=C(O)/C=C/c1ccccc1.O=S(Cl)Cl. The van der Waals surface area contributed by atoms with Gasteiger partial charge >= 0.3 is 5.97 Å². The lowest BCUT2D eigenvalue weighted by Gasteiger charge is -1.87. The minimum absolute atomic E-state index is 0.450. The van der Waals surface area contributed by atoms with Gasteiger partial charge in [0.25, 0.3) is 0 Å². The molecule has 26 heavy (non-hydrogen) atoms. The van der Waals surface area contributed by atoms with E-state index in [2.05, 4.69) is 21.4 Å². The molecule has 2 aromatic carbocycles.